The van der Waals surface area contributed by atoms with Gasteiger partial charge in [-0.25, -0.2) is 22.0 Å². The summed E-state index contributed by atoms with van der Waals surface area (Å²) >= 11 is 0. The number of benzene rings is 1. The molecule has 1 rings (SSSR count). The number of hydrogen-bond acceptors (Lipinski definition) is 2. The van der Waals surface area contributed by atoms with E-state index < -0.39 is 30.7 Å². The van der Waals surface area contributed by atoms with E-state index in [0.717, 1.165) is 18.2 Å². The molecule has 1 aromatic rings. The van der Waals surface area contributed by atoms with E-state index in [1.165, 1.54) is 7.11 Å². The molecule has 0 aliphatic rings. The lowest BCUT2D eigenvalue weighted by atomic mass is 10.0. The highest BCUT2D eigenvalue weighted by atomic mass is 19.3. The van der Waals surface area contributed by atoms with Crippen molar-refractivity contribution in [3.05, 3.63) is 29.6 Å². The lowest BCUT2D eigenvalue weighted by Crippen LogP contribution is -2.28. The van der Waals surface area contributed by atoms with Crippen LogP contribution in [0, 0.1) is 5.82 Å². The molecule has 0 aliphatic carbocycles. The first-order valence-electron chi connectivity index (χ1n) is 4.95. The molecule has 0 bridgehead atoms. The zero-order valence-corrected chi connectivity index (χ0v) is 9.34. The Morgan fingerprint density at radius 2 is 1.94 bits per heavy atom. The van der Waals surface area contributed by atoms with Gasteiger partial charge in [-0.3, -0.25) is 0 Å². The Bertz CT molecular complexity index is 408. The number of rotatable bonds is 5. The highest BCUT2D eigenvalue weighted by molar-refractivity contribution is 5.30. The number of alkyl halides is 4. The standard InChI is InChI=1S/C11H11F5O2/c1-18-9-3-2-6(4-7(9)12)8(17)5-11(15,16)10(13)14/h2-4,8,10,17H,5H2,1H3. The molecule has 0 amide bonds. The van der Waals surface area contributed by atoms with E-state index in [1.54, 1.807) is 0 Å². The third-order valence-electron chi connectivity index (χ3n) is 2.35. The molecule has 0 fully saturated rings. The topological polar surface area (TPSA) is 29.5 Å². The number of hydrogen-bond donors (Lipinski definition) is 1. The summed E-state index contributed by atoms with van der Waals surface area (Å²) in [6.45, 7) is 0. The Morgan fingerprint density at radius 3 is 2.39 bits per heavy atom. The van der Waals surface area contributed by atoms with Gasteiger partial charge in [0.2, 0.25) is 0 Å². The second-order valence-corrected chi connectivity index (χ2v) is 3.68. The Kier molecular flexibility index (Phi) is 4.50. The molecule has 0 saturated carbocycles. The molecule has 1 atom stereocenters. The summed E-state index contributed by atoms with van der Waals surface area (Å²) in [5.41, 5.74) is -0.214. The average Bonchev–Trinajstić information content (AvgIpc) is 2.28. The molecule has 0 spiro atoms. The highest BCUT2D eigenvalue weighted by Crippen LogP contribution is 2.34. The lowest BCUT2D eigenvalue weighted by molar-refractivity contribution is -0.149. The summed E-state index contributed by atoms with van der Waals surface area (Å²) in [6.07, 6.45) is -7.24. The monoisotopic (exact) mass is 270 g/mol. The van der Waals surface area contributed by atoms with E-state index >= 15 is 0 Å². The Balaban J connectivity index is 2.85. The molecule has 0 aliphatic heterocycles. The maximum Gasteiger partial charge on any atom is 0.310 e. The molecular formula is C11H11F5O2. The Labute approximate surface area is 100.0 Å². The molecular weight excluding hydrogens is 259 g/mol. The van der Waals surface area contributed by atoms with Crippen molar-refractivity contribution in [2.45, 2.75) is 24.9 Å². The van der Waals surface area contributed by atoms with Gasteiger partial charge in [0.25, 0.3) is 0 Å². The number of aliphatic hydroxyl groups is 1. The number of ether oxygens (including phenoxy) is 1. The van der Waals surface area contributed by atoms with Crippen LogP contribution in [-0.2, 0) is 0 Å². The van der Waals surface area contributed by atoms with Gasteiger partial charge in [0.15, 0.2) is 11.6 Å². The van der Waals surface area contributed by atoms with Crippen LogP contribution in [-0.4, -0.2) is 24.6 Å². The fourth-order valence-corrected chi connectivity index (χ4v) is 1.35. The van der Waals surface area contributed by atoms with E-state index in [0.29, 0.717) is 0 Å². The van der Waals surface area contributed by atoms with Crippen LogP contribution in [0.5, 0.6) is 5.75 Å². The van der Waals surface area contributed by atoms with Crippen LogP contribution in [0.3, 0.4) is 0 Å². The molecule has 0 radical (unpaired) electrons. The van der Waals surface area contributed by atoms with Gasteiger partial charge in [-0.15, -0.1) is 0 Å². The quantitative estimate of drug-likeness (QED) is 0.833. The van der Waals surface area contributed by atoms with Gasteiger partial charge in [-0.1, -0.05) is 6.07 Å². The van der Waals surface area contributed by atoms with Crippen molar-refractivity contribution in [2.75, 3.05) is 7.11 Å². The normalized spacial score (nSPS) is 13.8. The van der Waals surface area contributed by atoms with Crippen LogP contribution in [0.15, 0.2) is 18.2 Å². The van der Waals surface area contributed by atoms with Gasteiger partial charge in [0.05, 0.1) is 13.2 Å². The van der Waals surface area contributed by atoms with Crippen molar-refractivity contribution in [2.24, 2.45) is 0 Å². The summed E-state index contributed by atoms with van der Waals surface area (Å²) < 4.78 is 67.1. The van der Waals surface area contributed by atoms with Crippen LogP contribution in [0.1, 0.15) is 18.1 Å². The van der Waals surface area contributed by atoms with Crippen LogP contribution in [0.4, 0.5) is 22.0 Å². The summed E-state index contributed by atoms with van der Waals surface area (Å²) in [6, 6.07) is 3.02. The fourth-order valence-electron chi connectivity index (χ4n) is 1.35. The van der Waals surface area contributed by atoms with Gasteiger partial charge < -0.3 is 9.84 Å². The van der Waals surface area contributed by atoms with Gasteiger partial charge >= 0.3 is 12.3 Å². The van der Waals surface area contributed by atoms with Crippen LogP contribution in [0.2, 0.25) is 0 Å². The molecule has 2 nitrogen and oxygen atoms in total. The van der Waals surface area contributed by atoms with Crippen LogP contribution < -0.4 is 4.74 Å². The first-order chi connectivity index (χ1) is 8.27. The minimum absolute atomic E-state index is 0.133. The van der Waals surface area contributed by atoms with Gasteiger partial charge in [0, 0.05) is 6.42 Å². The largest absolute Gasteiger partial charge is 0.494 e. The predicted molar refractivity (Wildman–Crippen MR) is 53.5 cm³/mol. The number of aliphatic hydroxyl groups excluding tert-OH is 1. The molecule has 102 valence electrons. The molecule has 1 aromatic carbocycles. The predicted octanol–water partition coefficient (Wildman–Crippen LogP) is 3.16. The zero-order valence-electron chi connectivity index (χ0n) is 9.34. The van der Waals surface area contributed by atoms with Crippen LogP contribution in [0.25, 0.3) is 0 Å². The van der Waals surface area contributed by atoms with Crippen molar-refractivity contribution in [1.82, 2.24) is 0 Å². The first kappa shape index (κ1) is 14.7. The van der Waals surface area contributed by atoms with E-state index in [1.807, 2.05) is 0 Å². The molecule has 0 saturated heterocycles. The molecule has 1 unspecified atom stereocenters. The second kappa shape index (κ2) is 5.51. The van der Waals surface area contributed by atoms with E-state index in [-0.39, 0.29) is 11.3 Å². The van der Waals surface area contributed by atoms with Crippen molar-refractivity contribution in [3.63, 3.8) is 0 Å². The van der Waals surface area contributed by atoms with Gasteiger partial charge in [-0.05, 0) is 17.7 Å². The molecule has 18 heavy (non-hydrogen) atoms. The van der Waals surface area contributed by atoms with E-state index in [4.69, 9.17) is 0 Å². The molecule has 0 aromatic heterocycles. The number of halogens is 5. The summed E-state index contributed by atoms with van der Waals surface area (Å²) in [5.74, 6) is -5.32. The second-order valence-electron chi connectivity index (χ2n) is 3.68. The third kappa shape index (κ3) is 3.32. The van der Waals surface area contributed by atoms with E-state index in [2.05, 4.69) is 4.74 Å². The summed E-state index contributed by atoms with van der Waals surface area (Å²) in [4.78, 5) is 0. The van der Waals surface area contributed by atoms with Crippen molar-refractivity contribution in [3.8, 4) is 5.75 Å². The Morgan fingerprint density at radius 1 is 1.33 bits per heavy atom. The summed E-state index contributed by atoms with van der Waals surface area (Å²) in [5, 5.41) is 9.37. The lowest BCUT2D eigenvalue weighted by Gasteiger charge is -2.19. The van der Waals surface area contributed by atoms with Gasteiger partial charge in [-0.2, -0.15) is 0 Å². The maximum atomic E-state index is 13.2. The minimum atomic E-state index is -4.32. The average molecular weight is 270 g/mol. The zero-order chi connectivity index (χ0) is 13.9. The Hall–Kier alpha value is -1.37. The number of methoxy groups -OCH3 is 1. The van der Waals surface area contributed by atoms with Crippen molar-refractivity contribution >= 4 is 0 Å². The van der Waals surface area contributed by atoms with Crippen LogP contribution >= 0.6 is 0 Å². The highest BCUT2D eigenvalue weighted by Gasteiger charge is 2.42. The van der Waals surface area contributed by atoms with Crippen molar-refractivity contribution in [1.29, 1.82) is 0 Å². The SMILES string of the molecule is COc1ccc(C(O)CC(F)(F)C(F)F)cc1F. The molecule has 1 N–H and O–H groups in total. The van der Waals surface area contributed by atoms with Gasteiger partial charge in [0.1, 0.15) is 0 Å². The minimum Gasteiger partial charge on any atom is -0.494 e. The first-order valence-corrected chi connectivity index (χ1v) is 4.95. The van der Waals surface area contributed by atoms with E-state index in [9.17, 15) is 27.1 Å². The molecule has 7 heteroatoms. The van der Waals surface area contributed by atoms with Crippen molar-refractivity contribution < 1.29 is 31.8 Å². The third-order valence-corrected chi connectivity index (χ3v) is 2.35. The smallest absolute Gasteiger partial charge is 0.310 e. The fraction of sp³-hybridized carbons (Fsp3) is 0.455. The summed E-state index contributed by atoms with van der Waals surface area (Å²) in [7, 11) is 1.21. The maximum absolute atomic E-state index is 13.2. The molecule has 0 heterocycles.